The van der Waals surface area contributed by atoms with Crippen LogP contribution in [-0.2, 0) is 0 Å². The second-order valence-corrected chi connectivity index (χ2v) is 5.94. The van der Waals surface area contributed by atoms with Crippen LogP contribution in [0.25, 0.3) is 11.0 Å². The topological polar surface area (TPSA) is 68.6 Å². The fourth-order valence-corrected chi connectivity index (χ4v) is 3.21. The number of piperidine rings is 1. The lowest BCUT2D eigenvalue weighted by Gasteiger charge is -2.32. The molecule has 0 amide bonds. The van der Waals surface area contributed by atoms with Crippen LogP contribution in [0.1, 0.15) is 30.1 Å². The SMILES string of the molecule is N#Cc1ccc(N2CCCC(c3nc4ccccc4[nH]3)C2)nc1. The standard InChI is InChI=1S/C18H17N5/c19-10-13-7-8-17(20-11-13)23-9-3-4-14(12-23)18-21-15-5-1-2-6-16(15)22-18/h1-2,5-8,11,14H,3-4,9,12H2,(H,21,22). The first-order chi connectivity index (χ1) is 11.3. The number of hydrogen-bond acceptors (Lipinski definition) is 4. The summed E-state index contributed by atoms with van der Waals surface area (Å²) in [6.45, 7) is 1.90. The summed E-state index contributed by atoms with van der Waals surface area (Å²) in [7, 11) is 0. The van der Waals surface area contributed by atoms with Gasteiger partial charge in [0.2, 0.25) is 0 Å². The van der Waals surface area contributed by atoms with Gasteiger partial charge in [0, 0.05) is 25.2 Å². The predicted octanol–water partition coefficient (Wildman–Crippen LogP) is 3.21. The maximum atomic E-state index is 8.88. The third-order valence-corrected chi connectivity index (χ3v) is 4.42. The van der Waals surface area contributed by atoms with E-state index in [0.29, 0.717) is 11.5 Å². The number of imidazole rings is 1. The van der Waals surface area contributed by atoms with Gasteiger partial charge in [0.1, 0.15) is 17.7 Å². The van der Waals surface area contributed by atoms with Gasteiger partial charge in [-0.2, -0.15) is 5.26 Å². The Bertz CT molecular complexity index is 826. The van der Waals surface area contributed by atoms with Gasteiger partial charge in [-0.15, -0.1) is 0 Å². The van der Waals surface area contributed by atoms with E-state index >= 15 is 0 Å². The molecule has 3 heterocycles. The molecule has 0 bridgehead atoms. The molecule has 3 aromatic rings. The van der Waals surface area contributed by atoms with Gasteiger partial charge < -0.3 is 9.88 Å². The number of nitrogens with one attached hydrogen (secondary N) is 1. The molecule has 23 heavy (non-hydrogen) atoms. The number of anilines is 1. The van der Waals surface area contributed by atoms with Crippen molar-refractivity contribution in [2.45, 2.75) is 18.8 Å². The zero-order valence-corrected chi connectivity index (χ0v) is 12.7. The molecule has 4 rings (SSSR count). The summed E-state index contributed by atoms with van der Waals surface area (Å²) in [6.07, 6.45) is 3.89. The molecule has 1 atom stereocenters. The summed E-state index contributed by atoms with van der Waals surface area (Å²) in [5.74, 6) is 2.38. The number of fused-ring (bicyclic) bond motifs is 1. The molecule has 1 fully saturated rings. The summed E-state index contributed by atoms with van der Waals surface area (Å²) in [5, 5.41) is 8.88. The molecular weight excluding hydrogens is 286 g/mol. The zero-order chi connectivity index (χ0) is 15.6. The van der Waals surface area contributed by atoms with E-state index in [2.05, 4.69) is 27.0 Å². The quantitative estimate of drug-likeness (QED) is 0.789. The Hall–Kier alpha value is -2.87. The van der Waals surface area contributed by atoms with Crippen molar-refractivity contribution in [2.24, 2.45) is 0 Å². The second kappa shape index (κ2) is 5.73. The van der Waals surface area contributed by atoms with Crippen LogP contribution in [0.5, 0.6) is 0 Å². The van der Waals surface area contributed by atoms with Gasteiger partial charge in [-0.25, -0.2) is 9.97 Å². The summed E-state index contributed by atoms with van der Waals surface area (Å²) in [4.78, 5) is 14.9. The Morgan fingerprint density at radius 2 is 2.13 bits per heavy atom. The highest BCUT2D eigenvalue weighted by atomic mass is 15.2. The summed E-state index contributed by atoms with van der Waals surface area (Å²) < 4.78 is 0. The van der Waals surface area contributed by atoms with Gasteiger partial charge in [0.25, 0.3) is 0 Å². The number of hydrogen-bond donors (Lipinski definition) is 1. The van der Waals surface area contributed by atoms with Crippen molar-refractivity contribution in [1.82, 2.24) is 15.0 Å². The number of pyridine rings is 1. The first-order valence-corrected chi connectivity index (χ1v) is 7.89. The Labute approximate surface area is 134 Å². The number of nitrogens with zero attached hydrogens (tertiary/aromatic N) is 4. The van der Waals surface area contributed by atoms with Crippen LogP contribution in [0.3, 0.4) is 0 Å². The Morgan fingerprint density at radius 1 is 1.22 bits per heavy atom. The maximum absolute atomic E-state index is 8.88. The monoisotopic (exact) mass is 303 g/mol. The summed E-state index contributed by atoms with van der Waals surface area (Å²) in [6, 6.07) is 14.0. The Kier molecular flexibility index (Phi) is 3.43. The van der Waals surface area contributed by atoms with Gasteiger partial charge in [-0.05, 0) is 37.1 Å². The molecule has 0 radical (unpaired) electrons. The third-order valence-electron chi connectivity index (χ3n) is 4.42. The largest absolute Gasteiger partial charge is 0.356 e. The van der Waals surface area contributed by atoms with Crippen molar-refractivity contribution < 1.29 is 0 Å². The molecule has 1 aliphatic heterocycles. The van der Waals surface area contributed by atoms with E-state index in [1.54, 1.807) is 6.20 Å². The average molecular weight is 303 g/mol. The Morgan fingerprint density at radius 3 is 2.91 bits per heavy atom. The number of para-hydroxylation sites is 2. The molecule has 1 N–H and O–H groups in total. The molecule has 0 aliphatic carbocycles. The first-order valence-electron chi connectivity index (χ1n) is 7.89. The summed E-state index contributed by atoms with van der Waals surface area (Å²) in [5.41, 5.74) is 2.71. The fourth-order valence-electron chi connectivity index (χ4n) is 3.21. The van der Waals surface area contributed by atoms with Crippen molar-refractivity contribution in [1.29, 1.82) is 5.26 Å². The number of aromatic nitrogens is 3. The molecule has 5 nitrogen and oxygen atoms in total. The molecule has 1 aromatic carbocycles. The van der Waals surface area contributed by atoms with E-state index in [1.165, 1.54) is 0 Å². The lowest BCUT2D eigenvalue weighted by Crippen LogP contribution is -2.35. The van der Waals surface area contributed by atoms with Crippen LogP contribution in [-0.4, -0.2) is 28.0 Å². The number of rotatable bonds is 2. The number of H-pyrrole nitrogens is 1. The fraction of sp³-hybridized carbons (Fsp3) is 0.278. The summed E-state index contributed by atoms with van der Waals surface area (Å²) >= 11 is 0. The highest BCUT2D eigenvalue weighted by Gasteiger charge is 2.24. The maximum Gasteiger partial charge on any atom is 0.128 e. The van der Waals surface area contributed by atoms with Crippen molar-refractivity contribution in [3.8, 4) is 6.07 Å². The lowest BCUT2D eigenvalue weighted by atomic mass is 9.97. The molecule has 114 valence electrons. The average Bonchev–Trinajstić information content (AvgIpc) is 3.06. The Balaban J connectivity index is 1.57. The highest BCUT2D eigenvalue weighted by molar-refractivity contribution is 5.74. The number of aromatic amines is 1. The van der Waals surface area contributed by atoms with Crippen LogP contribution >= 0.6 is 0 Å². The number of benzene rings is 1. The first kappa shape index (κ1) is 13.8. The second-order valence-electron chi connectivity index (χ2n) is 5.94. The minimum atomic E-state index is 0.383. The minimum absolute atomic E-state index is 0.383. The van der Waals surface area contributed by atoms with Crippen molar-refractivity contribution in [3.63, 3.8) is 0 Å². The van der Waals surface area contributed by atoms with E-state index in [9.17, 15) is 0 Å². The van der Waals surface area contributed by atoms with Crippen molar-refractivity contribution >= 4 is 16.9 Å². The molecule has 5 heteroatoms. The van der Waals surface area contributed by atoms with E-state index in [4.69, 9.17) is 10.2 Å². The molecule has 0 spiro atoms. The van der Waals surface area contributed by atoms with Gasteiger partial charge >= 0.3 is 0 Å². The predicted molar refractivity (Wildman–Crippen MR) is 89.2 cm³/mol. The van der Waals surface area contributed by atoms with Crippen LogP contribution in [0.4, 0.5) is 5.82 Å². The van der Waals surface area contributed by atoms with E-state index in [1.807, 2.05) is 30.3 Å². The van der Waals surface area contributed by atoms with Crippen molar-refractivity contribution in [2.75, 3.05) is 18.0 Å². The molecular formula is C18H17N5. The normalized spacial score (nSPS) is 18.0. The van der Waals surface area contributed by atoms with Gasteiger partial charge in [-0.1, -0.05) is 12.1 Å². The van der Waals surface area contributed by atoms with Gasteiger partial charge in [0.15, 0.2) is 0 Å². The highest BCUT2D eigenvalue weighted by Crippen LogP contribution is 2.28. The van der Waals surface area contributed by atoms with Crippen LogP contribution < -0.4 is 4.90 Å². The smallest absolute Gasteiger partial charge is 0.128 e. The van der Waals surface area contributed by atoms with Crippen LogP contribution in [0.15, 0.2) is 42.6 Å². The number of nitriles is 1. The zero-order valence-electron chi connectivity index (χ0n) is 12.7. The van der Waals surface area contributed by atoms with E-state index in [-0.39, 0.29) is 0 Å². The minimum Gasteiger partial charge on any atom is -0.356 e. The van der Waals surface area contributed by atoms with Gasteiger partial charge in [-0.3, -0.25) is 0 Å². The van der Waals surface area contributed by atoms with E-state index in [0.717, 1.165) is 48.6 Å². The lowest BCUT2D eigenvalue weighted by molar-refractivity contribution is 0.492. The third kappa shape index (κ3) is 2.64. The molecule has 1 saturated heterocycles. The van der Waals surface area contributed by atoms with E-state index < -0.39 is 0 Å². The van der Waals surface area contributed by atoms with Crippen LogP contribution in [0, 0.1) is 11.3 Å². The molecule has 1 unspecified atom stereocenters. The molecule has 0 saturated carbocycles. The van der Waals surface area contributed by atoms with Crippen LogP contribution in [0.2, 0.25) is 0 Å². The van der Waals surface area contributed by atoms with Gasteiger partial charge in [0.05, 0.1) is 16.6 Å². The molecule has 1 aliphatic rings. The molecule has 2 aromatic heterocycles. The van der Waals surface area contributed by atoms with Crippen molar-refractivity contribution in [3.05, 3.63) is 54.0 Å².